The van der Waals surface area contributed by atoms with Crippen LogP contribution in [0, 0.1) is 0 Å². The molecule has 110 valence electrons. The van der Waals surface area contributed by atoms with Crippen LogP contribution in [-0.2, 0) is 9.59 Å². The van der Waals surface area contributed by atoms with Gasteiger partial charge in [0.1, 0.15) is 5.75 Å². The maximum Gasteiger partial charge on any atom is 0.305 e. The predicted octanol–water partition coefficient (Wildman–Crippen LogP) is 2.22. The third kappa shape index (κ3) is 4.91. The molecule has 0 atom stereocenters. The summed E-state index contributed by atoms with van der Waals surface area (Å²) in [6.07, 6.45) is 1.04. The molecule has 1 amide bonds. The first kappa shape index (κ1) is 16.0. The number of rotatable bonds is 8. The third-order valence-corrected chi connectivity index (χ3v) is 3.36. The Labute approximate surface area is 118 Å². The van der Waals surface area contributed by atoms with E-state index in [4.69, 9.17) is 9.84 Å². The van der Waals surface area contributed by atoms with E-state index in [1.165, 1.54) is 0 Å². The minimum Gasteiger partial charge on any atom is -0.484 e. The van der Waals surface area contributed by atoms with Gasteiger partial charge in [0, 0.05) is 0 Å². The molecule has 0 aliphatic rings. The zero-order chi connectivity index (χ0) is 15.0. The van der Waals surface area contributed by atoms with Gasteiger partial charge >= 0.3 is 5.97 Å². The van der Waals surface area contributed by atoms with E-state index in [-0.39, 0.29) is 18.9 Å². The van der Waals surface area contributed by atoms with E-state index in [1.54, 1.807) is 12.1 Å². The first-order valence-corrected chi connectivity index (χ1v) is 6.72. The van der Waals surface area contributed by atoms with Crippen LogP contribution in [0.25, 0.3) is 0 Å². The highest BCUT2D eigenvalue weighted by Crippen LogP contribution is 2.19. The molecule has 0 fully saturated rings. The molecule has 0 saturated heterocycles. The molecule has 1 aromatic rings. The lowest BCUT2D eigenvalue weighted by atomic mass is 9.89. The van der Waals surface area contributed by atoms with Crippen LogP contribution in [0.1, 0.15) is 33.1 Å². The van der Waals surface area contributed by atoms with Crippen molar-refractivity contribution in [1.29, 1.82) is 0 Å². The van der Waals surface area contributed by atoms with Gasteiger partial charge in [0.2, 0.25) is 0 Å². The van der Waals surface area contributed by atoms with Gasteiger partial charge in [-0.25, -0.2) is 0 Å². The number of carboxylic acids is 1. The molecule has 5 heteroatoms. The molecule has 5 nitrogen and oxygen atoms in total. The molecular formula is C15H21NO4. The molecule has 0 aromatic heterocycles. The first-order valence-electron chi connectivity index (χ1n) is 6.72. The van der Waals surface area contributed by atoms with E-state index in [2.05, 4.69) is 5.32 Å². The van der Waals surface area contributed by atoms with Gasteiger partial charge in [0.15, 0.2) is 6.61 Å². The molecule has 0 unspecified atom stereocenters. The summed E-state index contributed by atoms with van der Waals surface area (Å²) >= 11 is 0. The van der Waals surface area contributed by atoms with Gasteiger partial charge in [-0.1, -0.05) is 32.0 Å². The third-order valence-electron chi connectivity index (χ3n) is 3.36. The number of carbonyl (C=O) groups excluding carboxylic acids is 1. The van der Waals surface area contributed by atoms with E-state index in [0.717, 1.165) is 0 Å². The van der Waals surface area contributed by atoms with Crippen molar-refractivity contribution in [3.8, 4) is 5.75 Å². The summed E-state index contributed by atoms with van der Waals surface area (Å²) in [5, 5.41) is 11.7. The minimum atomic E-state index is -0.919. The van der Waals surface area contributed by atoms with Crippen molar-refractivity contribution >= 4 is 11.9 Å². The average molecular weight is 279 g/mol. The molecule has 0 heterocycles. The quantitative estimate of drug-likeness (QED) is 0.765. The Hall–Kier alpha value is -2.04. The van der Waals surface area contributed by atoms with Crippen molar-refractivity contribution in [3.63, 3.8) is 0 Å². The van der Waals surface area contributed by atoms with Crippen LogP contribution in [0.2, 0.25) is 0 Å². The molecule has 0 saturated carbocycles. The van der Waals surface area contributed by atoms with Gasteiger partial charge in [0.05, 0.1) is 12.0 Å². The van der Waals surface area contributed by atoms with Crippen LogP contribution in [-0.4, -0.2) is 29.1 Å². The number of nitrogens with one attached hydrogen (secondary N) is 1. The molecular weight excluding hydrogens is 258 g/mol. The Balaban J connectivity index is 2.56. The summed E-state index contributed by atoms with van der Waals surface area (Å²) in [4.78, 5) is 22.8. The Morgan fingerprint density at radius 3 is 2.30 bits per heavy atom. The number of hydrogen-bond acceptors (Lipinski definition) is 3. The van der Waals surface area contributed by atoms with Crippen LogP contribution in [0.5, 0.6) is 5.75 Å². The van der Waals surface area contributed by atoms with Crippen LogP contribution in [0.3, 0.4) is 0 Å². The fourth-order valence-corrected chi connectivity index (χ4v) is 2.01. The normalized spacial score (nSPS) is 10.9. The molecule has 2 N–H and O–H groups in total. The Morgan fingerprint density at radius 2 is 1.80 bits per heavy atom. The van der Waals surface area contributed by atoms with Gasteiger partial charge in [-0.2, -0.15) is 0 Å². The summed E-state index contributed by atoms with van der Waals surface area (Å²) in [5.74, 6) is -0.615. The van der Waals surface area contributed by atoms with Crippen molar-refractivity contribution < 1.29 is 19.4 Å². The molecule has 0 bridgehead atoms. The number of benzene rings is 1. The van der Waals surface area contributed by atoms with Gasteiger partial charge in [-0.15, -0.1) is 0 Å². The molecule has 0 spiro atoms. The number of carboxylic acid groups (broad SMARTS) is 1. The lowest BCUT2D eigenvalue weighted by Crippen LogP contribution is -2.50. The van der Waals surface area contributed by atoms with E-state index in [0.29, 0.717) is 18.6 Å². The summed E-state index contributed by atoms with van der Waals surface area (Å²) in [5.41, 5.74) is -0.705. The standard InChI is InChI=1S/C15H21NO4/c1-3-15(4-2,10-14(18)19)16-13(17)11-20-12-8-6-5-7-9-12/h5-9H,3-4,10-11H2,1-2H3,(H,16,17)(H,18,19). The van der Waals surface area contributed by atoms with E-state index in [9.17, 15) is 9.59 Å². The number of ether oxygens (including phenoxy) is 1. The summed E-state index contributed by atoms with van der Waals surface area (Å²) in [7, 11) is 0. The van der Waals surface area contributed by atoms with Gasteiger partial charge in [-0.05, 0) is 25.0 Å². The number of amides is 1. The highest BCUT2D eigenvalue weighted by atomic mass is 16.5. The van der Waals surface area contributed by atoms with Gasteiger partial charge in [0.25, 0.3) is 5.91 Å². The zero-order valence-corrected chi connectivity index (χ0v) is 11.9. The van der Waals surface area contributed by atoms with E-state index < -0.39 is 11.5 Å². The lowest BCUT2D eigenvalue weighted by molar-refractivity contribution is -0.139. The average Bonchev–Trinajstić information content (AvgIpc) is 2.45. The van der Waals surface area contributed by atoms with Crippen LogP contribution < -0.4 is 10.1 Å². The fourth-order valence-electron chi connectivity index (χ4n) is 2.01. The zero-order valence-electron chi connectivity index (χ0n) is 11.9. The Bertz CT molecular complexity index is 440. The van der Waals surface area contributed by atoms with Crippen molar-refractivity contribution in [3.05, 3.63) is 30.3 Å². The molecule has 0 aliphatic carbocycles. The van der Waals surface area contributed by atoms with Gasteiger partial charge < -0.3 is 15.2 Å². The molecule has 20 heavy (non-hydrogen) atoms. The first-order chi connectivity index (χ1) is 9.51. The lowest BCUT2D eigenvalue weighted by Gasteiger charge is -2.31. The van der Waals surface area contributed by atoms with E-state index in [1.807, 2.05) is 32.0 Å². The van der Waals surface area contributed by atoms with Crippen LogP contribution in [0.4, 0.5) is 0 Å². The highest BCUT2D eigenvalue weighted by molar-refractivity contribution is 5.79. The van der Waals surface area contributed by atoms with Crippen molar-refractivity contribution in [2.75, 3.05) is 6.61 Å². The van der Waals surface area contributed by atoms with Gasteiger partial charge in [-0.3, -0.25) is 9.59 Å². The Kier molecular flexibility index (Phi) is 6.03. The second-order valence-corrected chi connectivity index (χ2v) is 4.71. The number of aliphatic carboxylic acids is 1. The number of para-hydroxylation sites is 1. The molecule has 1 aromatic carbocycles. The SMILES string of the molecule is CCC(CC)(CC(=O)O)NC(=O)COc1ccccc1. The predicted molar refractivity (Wildman–Crippen MR) is 75.6 cm³/mol. The highest BCUT2D eigenvalue weighted by Gasteiger charge is 2.30. The smallest absolute Gasteiger partial charge is 0.305 e. The molecule has 1 rings (SSSR count). The van der Waals surface area contributed by atoms with Crippen molar-refractivity contribution in [1.82, 2.24) is 5.32 Å². The van der Waals surface area contributed by atoms with Crippen molar-refractivity contribution in [2.45, 2.75) is 38.6 Å². The maximum absolute atomic E-state index is 11.9. The second kappa shape index (κ2) is 7.53. The topological polar surface area (TPSA) is 75.6 Å². The number of carbonyl (C=O) groups is 2. The summed E-state index contributed by atoms with van der Waals surface area (Å²) < 4.78 is 5.35. The largest absolute Gasteiger partial charge is 0.484 e. The number of hydrogen-bond donors (Lipinski definition) is 2. The summed E-state index contributed by atoms with van der Waals surface area (Å²) in [6.45, 7) is 3.61. The minimum absolute atomic E-state index is 0.0862. The van der Waals surface area contributed by atoms with E-state index >= 15 is 0 Å². The van der Waals surface area contributed by atoms with Crippen LogP contribution >= 0.6 is 0 Å². The second-order valence-electron chi connectivity index (χ2n) is 4.71. The Morgan fingerprint density at radius 1 is 1.20 bits per heavy atom. The molecule has 0 aliphatic heterocycles. The molecule has 0 radical (unpaired) electrons. The fraction of sp³-hybridized carbons (Fsp3) is 0.467. The van der Waals surface area contributed by atoms with Crippen LogP contribution in [0.15, 0.2) is 30.3 Å². The monoisotopic (exact) mass is 279 g/mol. The van der Waals surface area contributed by atoms with Crippen molar-refractivity contribution in [2.24, 2.45) is 0 Å². The maximum atomic E-state index is 11.9. The summed E-state index contributed by atoms with van der Waals surface area (Å²) in [6, 6.07) is 9.02.